The molecule has 0 aromatic heterocycles. The van der Waals surface area contributed by atoms with Crippen LogP contribution in [0, 0.1) is 17.8 Å². The highest BCUT2D eigenvalue weighted by atomic mass is 79.9. The van der Waals surface area contributed by atoms with Gasteiger partial charge in [-0.1, -0.05) is 43.6 Å². The molecule has 0 aliphatic heterocycles. The van der Waals surface area contributed by atoms with Gasteiger partial charge in [-0.25, -0.2) is 0 Å². The molecule has 4 atom stereocenters. The molecule has 0 bridgehead atoms. The Morgan fingerprint density at radius 1 is 1.18 bits per heavy atom. The lowest BCUT2D eigenvalue weighted by molar-refractivity contribution is -0.148. The summed E-state index contributed by atoms with van der Waals surface area (Å²) in [5, 5.41) is 0.176. The topological polar surface area (TPSA) is 35.5 Å². The van der Waals surface area contributed by atoms with Crippen molar-refractivity contribution >= 4 is 30.2 Å². The van der Waals surface area contributed by atoms with Crippen molar-refractivity contribution in [2.24, 2.45) is 17.8 Å². The largest absolute Gasteiger partial charge is 0.469 e. The summed E-state index contributed by atoms with van der Waals surface area (Å²) in [4.78, 5) is 12.3. The summed E-state index contributed by atoms with van der Waals surface area (Å²) >= 11 is 3.77. The van der Waals surface area contributed by atoms with E-state index in [2.05, 4.69) is 70.6 Å². The molecule has 1 aliphatic rings. The van der Waals surface area contributed by atoms with Crippen LogP contribution in [0.4, 0.5) is 0 Å². The average Bonchev–Trinajstić information content (AvgIpc) is 2.64. The highest BCUT2D eigenvalue weighted by molar-refractivity contribution is 9.10. The molecule has 0 radical (unpaired) electrons. The molecule has 1 rings (SSSR count). The number of hydrogen-bond acceptors (Lipinski definition) is 3. The maximum atomic E-state index is 12.3. The number of rotatable bonds is 4. The monoisotopic (exact) mass is 392 g/mol. The summed E-state index contributed by atoms with van der Waals surface area (Å²) < 4.78 is 11.6. The molecule has 0 spiro atoms. The molecule has 0 unspecified atom stereocenters. The third-order valence-electron chi connectivity index (χ3n) is 5.68. The number of halogens is 1. The molecule has 5 heteroatoms. The van der Waals surface area contributed by atoms with Crippen molar-refractivity contribution in [2.45, 2.75) is 76.5 Å². The van der Waals surface area contributed by atoms with Gasteiger partial charge >= 0.3 is 5.97 Å². The van der Waals surface area contributed by atoms with Crippen LogP contribution in [-0.2, 0) is 14.0 Å². The van der Waals surface area contributed by atoms with Gasteiger partial charge in [0.2, 0.25) is 0 Å². The van der Waals surface area contributed by atoms with Gasteiger partial charge in [0.25, 0.3) is 0 Å². The molecule has 1 saturated carbocycles. The standard InChI is InChI=1S/C17H33BrO3Si/c1-11-13(21-22(8,9)16(2,3)4)10-12(17(5,6)18)14(11)15(19)20-7/h11-14H,10H2,1-9H3/t11-,12+,13+,14+/m0/s1. The Morgan fingerprint density at radius 2 is 1.68 bits per heavy atom. The van der Waals surface area contributed by atoms with E-state index in [0.29, 0.717) is 0 Å². The van der Waals surface area contributed by atoms with Crippen molar-refractivity contribution in [1.82, 2.24) is 0 Å². The zero-order valence-corrected chi connectivity index (χ0v) is 18.2. The Hall–Kier alpha value is 0.127. The van der Waals surface area contributed by atoms with Crippen LogP contribution in [-0.4, -0.2) is 31.8 Å². The number of carbonyl (C=O) groups is 1. The van der Waals surface area contributed by atoms with Crippen LogP contribution < -0.4 is 0 Å². The SMILES string of the molecule is COC(=O)[C@@H]1[C@@H](C)[C@H](O[Si](C)(C)C(C)(C)C)C[C@H]1C(C)(C)Br. The number of carbonyl (C=O) groups excluding carboxylic acids is 1. The van der Waals surface area contributed by atoms with E-state index < -0.39 is 8.32 Å². The van der Waals surface area contributed by atoms with E-state index >= 15 is 0 Å². The molecule has 1 fully saturated rings. The fourth-order valence-electron chi connectivity index (χ4n) is 3.14. The van der Waals surface area contributed by atoms with E-state index in [0.717, 1.165) is 6.42 Å². The van der Waals surface area contributed by atoms with E-state index in [1.165, 1.54) is 7.11 Å². The lowest BCUT2D eigenvalue weighted by Crippen LogP contribution is -2.45. The normalized spacial score (nSPS) is 30.5. The third-order valence-corrected chi connectivity index (χ3v) is 10.8. The zero-order valence-electron chi connectivity index (χ0n) is 15.6. The van der Waals surface area contributed by atoms with Crippen LogP contribution in [0.1, 0.15) is 48.0 Å². The number of alkyl halides is 1. The minimum absolute atomic E-state index is 0.103. The van der Waals surface area contributed by atoms with Gasteiger partial charge < -0.3 is 9.16 Å². The first-order valence-electron chi connectivity index (χ1n) is 8.17. The summed E-state index contributed by atoms with van der Waals surface area (Å²) in [5.74, 6) is 0.202. The molecule has 0 amide bonds. The fraction of sp³-hybridized carbons (Fsp3) is 0.941. The molecule has 3 nitrogen and oxygen atoms in total. The zero-order chi connectivity index (χ0) is 17.5. The van der Waals surface area contributed by atoms with Crippen molar-refractivity contribution < 1.29 is 14.0 Å². The van der Waals surface area contributed by atoms with E-state index in [9.17, 15) is 4.79 Å². The Balaban J connectivity index is 3.04. The summed E-state index contributed by atoms with van der Waals surface area (Å²) in [6.45, 7) is 17.7. The Morgan fingerprint density at radius 3 is 2.05 bits per heavy atom. The first kappa shape index (κ1) is 20.2. The van der Waals surface area contributed by atoms with Gasteiger partial charge in [-0.2, -0.15) is 0 Å². The van der Waals surface area contributed by atoms with Gasteiger partial charge in [-0.05, 0) is 50.2 Å². The summed E-state index contributed by atoms with van der Waals surface area (Å²) in [6.07, 6.45) is 1.04. The van der Waals surface area contributed by atoms with Crippen LogP contribution in [0.3, 0.4) is 0 Å². The second-order valence-electron chi connectivity index (χ2n) is 8.73. The first-order chi connectivity index (χ1) is 9.72. The minimum Gasteiger partial charge on any atom is -0.469 e. The molecule has 0 aromatic rings. The van der Waals surface area contributed by atoms with Crippen LogP contribution in [0.5, 0.6) is 0 Å². The Kier molecular flexibility index (Phi) is 6.01. The fourth-order valence-corrected chi connectivity index (χ4v) is 5.04. The number of esters is 1. The van der Waals surface area contributed by atoms with Crippen molar-refractivity contribution in [3.05, 3.63) is 0 Å². The van der Waals surface area contributed by atoms with E-state index in [4.69, 9.17) is 9.16 Å². The van der Waals surface area contributed by atoms with E-state index in [1.54, 1.807) is 0 Å². The number of ether oxygens (including phenoxy) is 1. The second kappa shape index (κ2) is 6.56. The van der Waals surface area contributed by atoms with Gasteiger partial charge in [0.05, 0.1) is 13.0 Å². The summed E-state index contributed by atoms with van der Waals surface area (Å²) in [7, 11) is -0.361. The predicted octanol–water partition coefficient (Wildman–Crippen LogP) is 5.00. The molecule has 1 aliphatic carbocycles. The number of methoxy groups -OCH3 is 1. The molecule has 130 valence electrons. The molecule has 0 N–H and O–H groups in total. The highest BCUT2D eigenvalue weighted by Crippen LogP contribution is 2.50. The van der Waals surface area contributed by atoms with Gasteiger partial charge in [0.15, 0.2) is 8.32 Å². The molecule has 0 heterocycles. The predicted molar refractivity (Wildman–Crippen MR) is 97.9 cm³/mol. The maximum Gasteiger partial charge on any atom is 0.309 e. The lowest BCUT2D eigenvalue weighted by Gasteiger charge is -2.39. The van der Waals surface area contributed by atoms with Crippen LogP contribution in [0.15, 0.2) is 0 Å². The van der Waals surface area contributed by atoms with Gasteiger partial charge in [-0.3, -0.25) is 4.79 Å². The maximum absolute atomic E-state index is 12.3. The first-order valence-corrected chi connectivity index (χ1v) is 11.9. The minimum atomic E-state index is -1.84. The molecular formula is C17H33BrO3Si. The van der Waals surface area contributed by atoms with E-state index in [1.807, 2.05) is 0 Å². The number of hydrogen-bond donors (Lipinski definition) is 0. The average molecular weight is 393 g/mol. The molecule has 0 aromatic carbocycles. The third kappa shape index (κ3) is 4.15. The van der Waals surface area contributed by atoms with Crippen LogP contribution >= 0.6 is 15.9 Å². The summed E-state index contributed by atoms with van der Waals surface area (Å²) in [6, 6.07) is 0. The Labute approximate surface area is 145 Å². The van der Waals surface area contributed by atoms with Gasteiger partial charge in [0.1, 0.15) is 0 Å². The molecule has 0 saturated heterocycles. The van der Waals surface area contributed by atoms with Crippen LogP contribution in [0.2, 0.25) is 18.1 Å². The van der Waals surface area contributed by atoms with Crippen LogP contribution in [0.25, 0.3) is 0 Å². The molecular weight excluding hydrogens is 360 g/mol. The Bertz CT molecular complexity index is 409. The highest BCUT2D eigenvalue weighted by Gasteiger charge is 2.53. The second-order valence-corrected chi connectivity index (χ2v) is 15.5. The molecule has 22 heavy (non-hydrogen) atoms. The van der Waals surface area contributed by atoms with Crippen molar-refractivity contribution in [3.8, 4) is 0 Å². The van der Waals surface area contributed by atoms with E-state index in [-0.39, 0.29) is 39.2 Å². The lowest BCUT2D eigenvalue weighted by atomic mass is 9.83. The summed E-state index contributed by atoms with van der Waals surface area (Å²) in [5.41, 5.74) is 0. The van der Waals surface area contributed by atoms with Gasteiger partial charge in [0, 0.05) is 10.4 Å². The smallest absolute Gasteiger partial charge is 0.309 e. The van der Waals surface area contributed by atoms with Gasteiger partial charge in [-0.15, -0.1) is 0 Å². The van der Waals surface area contributed by atoms with Crippen molar-refractivity contribution in [2.75, 3.05) is 7.11 Å². The van der Waals surface area contributed by atoms with Crippen molar-refractivity contribution in [1.29, 1.82) is 0 Å². The van der Waals surface area contributed by atoms with Crippen molar-refractivity contribution in [3.63, 3.8) is 0 Å². The quantitative estimate of drug-likeness (QED) is 0.383.